The molecule has 1 aliphatic heterocycles. The number of aromatic hydroxyl groups is 1. The van der Waals surface area contributed by atoms with Gasteiger partial charge in [-0.3, -0.25) is 4.90 Å². The van der Waals surface area contributed by atoms with Crippen LogP contribution in [0.15, 0.2) is 22.7 Å². The minimum absolute atomic E-state index is 0.305. The van der Waals surface area contributed by atoms with Crippen molar-refractivity contribution >= 4 is 15.9 Å². The van der Waals surface area contributed by atoms with Crippen molar-refractivity contribution in [2.45, 2.75) is 26.3 Å². The number of phenolic OH excluding ortho intramolecular Hbond substituents is 1. The van der Waals surface area contributed by atoms with Crippen molar-refractivity contribution in [3.05, 3.63) is 28.2 Å². The van der Waals surface area contributed by atoms with E-state index >= 15 is 0 Å². The van der Waals surface area contributed by atoms with Crippen LogP contribution in [0.5, 0.6) is 5.75 Å². The van der Waals surface area contributed by atoms with Gasteiger partial charge in [0.2, 0.25) is 0 Å². The lowest BCUT2D eigenvalue weighted by atomic mass is 9.94. The lowest BCUT2D eigenvalue weighted by molar-refractivity contribution is 0.151. The molecule has 1 aliphatic rings. The third-order valence-corrected chi connectivity index (χ3v) is 4.13. The molecule has 1 heterocycles. The maximum Gasteiger partial charge on any atom is 0.120 e. The molecule has 1 aromatic rings. The number of hydrogen-bond acceptors (Lipinski definition) is 3. The van der Waals surface area contributed by atoms with Crippen LogP contribution in [-0.2, 0) is 0 Å². The second kappa shape index (κ2) is 6.73. The van der Waals surface area contributed by atoms with E-state index in [1.54, 1.807) is 6.07 Å². The third kappa shape index (κ3) is 3.94. The first-order valence-corrected chi connectivity index (χ1v) is 7.80. The lowest BCUT2D eigenvalue weighted by Crippen LogP contribution is -2.45. The molecule has 2 N–H and O–H groups in total. The van der Waals surface area contributed by atoms with Gasteiger partial charge >= 0.3 is 0 Å². The first-order valence-electron chi connectivity index (χ1n) is 7.01. The highest BCUT2D eigenvalue weighted by molar-refractivity contribution is 9.10. The van der Waals surface area contributed by atoms with Crippen molar-refractivity contribution in [1.29, 1.82) is 0 Å². The van der Waals surface area contributed by atoms with Crippen LogP contribution in [0, 0.1) is 5.92 Å². The van der Waals surface area contributed by atoms with Crippen molar-refractivity contribution in [3.8, 4) is 5.75 Å². The van der Waals surface area contributed by atoms with Gasteiger partial charge < -0.3 is 10.4 Å². The van der Waals surface area contributed by atoms with Crippen LogP contribution < -0.4 is 5.32 Å². The van der Waals surface area contributed by atoms with E-state index in [-0.39, 0.29) is 0 Å². The smallest absolute Gasteiger partial charge is 0.120 e. The first kappa shape index (κ1) is 14.8. The Morgan fingerprint density at radius 3 is 2.63 bits per heavy atom. The van der Waals surface area contributed by atoms with Crippen molar-refractivity contribution in [2.75, 3.05) is 26.2 Å². The average Bonchev–Trinajstić information content (AvgIpc) is 2.40. The van der Waals surface area contributed by atoms with E-state index in [4.69, 9.17) is 0 Å². The molecule has 2 rings (SSSR count). The molecule has 106 valence electrons. The Morgan fingerprint density at radius 1 is 1.32 bits per heavy atom. The molecule has 3 nitrogen and oxygen atoms in total. The molecule has 4 heteroatoms. The summed E-state index contributed by atoms with van der Waals surface area (Å²) in [6.07, 6.45) is 1.07. The van der Waals surface area contributed by atoms with E-state index < -0.39 is 0 Å². The van der Waals surface area contributed by atoms with Crippen molar-refractivity contribution in [3.63, 3.8) is 0 Å². The molecule has 19 heavy (non-hydrogen) atoms. The standard InChI is InChI=1S/C15H23BrN2O/c1-11(2)9-14(18-7-5-17-6-8-18)13-10-12(16)3-4-15(13)19/h3-4,10-11,14,17,19H,5-9H2,1-2H3/t14-/m0/s1. The molecular formula is C15H23BrN2O. The van der Waals surface area contributed by atoms with Gasteiger partial charge in [-0.05, 0) is 30.5 Å². The summed E-state index contributed by atoms with van der Waals surface area (Å²) >= 11 is 3.51. The first-order chi connectivity index (χ1) is 9.08. The van der Waals surface area contributed by atoms with Crippen molar-refractivity contribution in [1.82, 2.24) is 10.2 Å². The number of rotatable bonds is 4. The van der Waals surface area contributed by atoms with Gasteiger partial charge in [-0.25, -0.2) is 0 Å². The Kier molecular flexibility index (Phi) is 5.25. The summed E-state index contributed by atoms with van der Waals surface area (Å²) in [5.74, 6) is 1.02. The van der Waals surface area contributed by atoms with Gasteiger partial charge in [0.1, 0.15) is 5.75 Å². The van der Waals surface area contributed by atoms with Crippen LogP contribution in [0.3, 0.4) is 0 Å². The maximum atomic E-state index is 10.2. The summed E-state index contributed by atoms with van der Waals surface area (Å²) in [5.41, 5.74) is 1.05. The second-order valence-electron chi connectivity index (χ2n) is 5.63. The largest absolute Gasteiger partial charge is 0.508 e. The molecule has 1 atom stereocenters. The minimum Gasteiger partial charge on any atom is -0.508 e. The SMILES string of the molecule is CC(C)C[C@@H](c1cc(Br)ccc1O)N1CCNCC1. The van der Waals surface area contributed by atoms with Crippen LogP contribution >= 0.6 is 15.9 Å². The van der Waals surface area contributed by atoms with Crippen LogP contribution in [0.25, 0.3) is 0 Å². The predicted molar refractivity (Wildman–Crippen MR) is 82.4 cm³/mol. The summed E-state index contributed by atoms with van der Waals surface area (Å²) in [4.78, 5) is 2.48. The normalized spacial score (nSPS) is 18.7. The maximum absolute atomic E-state index is 10.2. The molecule has 0 unspecified atom stereocenters. The number of phenols is 1. The predicted octanol–water partition coefficient (Wildman–Crippen LogP) is 3.15. The molecule has 1 saturated heterocycles. The van der Waals surface area contributed by atoms with Gasteiger partial charge in [0.15, 0.2) is 0 Å². The van der Waals surface area contributed by atoms with Gasteiger partial charge in [0.25, 0.3) is 0 Å². The highest BCUT2D eigenvalue weighted by atomic mass is 79.9. The Hall–Kier alpha value is -0.580. The average molecular weight is 327 g/mol. The summed E-state index contributed by atoms with van der Waals surface area (Å²) in [5, 5.41) is 13.6. The number of nitrogens with zero attached hydrogens (tertiary/aromatic N) is 1. The molecule has 0 spiro atoms. The van der Waals surface area contributed by atoms with Gasteiger partial charge in [-0.2, -0.15) is 0 Å². The fourth-order valence-electron chi connectivity index (χ4n) is 2.71. The van der Waals surface area contributed by atoms with E-state index in [1.165, 1.54) is 0 Å². The molecule has 1 aromatic carbocycles. The summed E-state index contributed by atoms with van der Waals surface area (Å²) < 4.78 is 1.03. The van der Waals surface area contributed by atoms with Crippen LogP contribution in [0.4, 0.5) is 0 Å². The number of benzene rings is 1. The Morgan fingerprint density at radius 2 is 2.00 bits per heavy atom. The molecule has 0 radical (unpaired) electrons. The fraction of sp³-hybridized carbons (Fsp3) is 0.600. The number of hydrogen-bond donors (Lipinski definition) is 2. The third-order valence-electron chi connectivity index (χ3n) is 3.64. The van der Waals surface area contributed by atoms with Crippen LogP contribution in [0.1, 0.15) is 31.9 Å². The molecule has 0 amide bonds. The zero-order chi connectivity index (χ0) is 13.8. The van der Waals surface area contributed by atoms with E-state index in [2.05, 4.69) is 46.1 Å². The van der Waals surface area contributed by atoms with E-state index in [0.29, 0.717) is 17.7 Å². The summed E-state index contributed by atoms with van der Waals surface area (Å²) in [7, 11) is 0. The number of halogens is 1. The highest BCUT2D eigenvalue weighted by Crippen LogP contribution is 2.35. The molecule has 0 aliphatic carbocycles. The van der Waals surface area contributed by atoms with E-state index in [9.17, 15) is 5.11 Å². The van der Waals surface area contributed by atoms with Crippen molar-refractivity contribution in [2.24, 2.45) is 5.92 Å². The summed E-state index contributed by atoms with van der Waals surface area (Å²) in [6.45, 7) is 8.63. The monoisotopic (exact) mass is 326 g/mol. The second-order valence-corrected chi connectivity index (χ2v) is 6.55. The zero-order valence-electron chi connectivity index (χ0n) is 11.7. The van der Waals surface area contributed by atoms with E-state index in [1.807, 2.05) is 6.07 Å². The van der Waals surface area contributed by atoms with Gasteiger partial charge in [0.05, 0.1) is 0 Å². The highest BCUT2D eigenvalue weighted by Gasteiger charge is 2.25. The topological polar surface area (TPSA) is 35.5 Å². The van der Waals surface area contributed by atoms with Gasteiger partial charge in [-0.15, -0.1) is 0 Å². The molecule has 1 fully saturated rings. The number of piperazine rings is 1. The molecule has 0 aromatic heterocycles. The van der Waals surface area contributed by atoms with Gasteiger partial charge in [0, 0.05) is 42.3 Å². The molecule has 0 saturated carbocycles. The Bertz CT molecular complexity index is 417. The van der Waals surface area contributed by atoms with Crippen LogP contribution in [0.2, 0.25) is 0 Å². The lowest BCUT2D eigenvalue weighted by Gasteiger charge is -2.36. The summed E-state index contributed by atoms with van der Waals surface area (Å²) in [6, 6.07) is 6.04. The van der Waals surface area contributed by atoms with Crippen molar-refractivity contribution < 1.29 is 5.11 Å². The van der Waals surface area contributed by atoms with Gasteiger partial charge in [-0.1, -0.05) is 29.8 Å². The zero-order valence-corrected chi connectivity index (χ0v) is 13.3. The minimum atomic E-state index is 0.305. The quantitative estimate of drug-likeness (QED) is 0.892. The Balaban J connectivity index is 2.27. The van der Waals surface area contributed by atoms with E-state index in [0.717, 1.165) is 42.6 Å². The molecule has 0 bridgehead atoms. The van der Waals surface area contributed by atoms with Crippen LogP contribution in [-0.4, -0.2) is 36.2 Å². The fourth-order valence-corrected chi connectivity index (χ4v) is 3.08. The molecular weight excluding hydrogens is 304 g/mol. The number of nitrogens with one attached hydrogen (secondary N) is 1. The Labute approximate surface area is 124 Å².